The van der Waals surface area contributed by atoms with Gasteiger partial charge in [0, 0.05) is 33.2 Å². The summed E-state index contributed by atoms with van der Waals surface area (Å²) in [4.78, 5) is 7.16. The van der Waals surface area contributed by atoms with E-state index in [0.717, 1.165) is 39.8 Å². The number of fused-ring (bicyclic) bond motifs is 3. The lowest BCUT2D eigenvalue weighted by molar-refractivity contribution is 0.660. The van der Waals surface area contributed by atoms with E-state index >= 15 is 0 Å². The third kappa shape index (κ3) is 2.48. The van der Waals surface area contributed by atoms with Gasteiger partial charge in [0.1, 0.15) is 0 Å². The molecule has 1 aliphatic carbocycles. The molecule has 2 aromatic heterocycles. The van der Waals surface area contributed by atoms with Crippen LogP contribution in [0.4, 0.5) is 0 Å². The maximum atomic E-state index is 6.26. The van der Waals surface area contributed by atoms with Gasteiger partial charge in [-0.2, -0.15) is 0 Å². The Hall–Kier alpha value is -1.03. The van der Waals surface area contributed by atoms with Crippen molar-refractivity contribution in [1.29, 1.82) is 0 Å². The van der Waals surface area contributed by atoms with Crippen molar-refractivity contribution in [2.24, 2.45) is 0 Å². The number of thiazole rings is 1. The summed E-state index contributed by atoms with van der Waals surface area (Å²) in [5, 5.41) is 1.50. The van der Waals surface area contributed by atoms with Crippen molar-refractivity contribution in [1.82, 2.24) is 9.38 Å². The van der Waals surface area contributed by atoms with Gasteiger partial charge >= 0.3 is 0 Å². The smallest absolute Gasteiger partial charge is 0.194 e. The molecule has 1 aliphatic rings. The van der Waals surface area contributed by atoms with Crippen LogP contribution in [0.2, 0.25) is 10.0 Å². The van der Waals surface area contributed by atoms with Gasteiger partial charge in [-0.05, 0) is 49.4 Å². The summed E-state index contributed by atoms with van der Waals surface area (Å²) in [5.74, 6) is 0. The maximum absolute atomic E-state index is 6.26. The molecule has 0 N–H and O–H groups in total. The Labute approximate surface area is 137 Å². The molecule has 4 rings (SSSR count). The lowest BCUT2D eigenvalue weighted by Crippen LogP contribution is -2.03. The Bertz CT molecular complexity index is 819. The van der Waals surface area contributed by atoms with Crippen molar-refractivity contribution in [3.8, 4) is 0 Å². The summed E-state index contributed by atoms with van der Waals surface area (Å²) in [6.45, 7) is 0. The highest BCUT2D eigenvalue weighted by Gasteiger charge is 2.18. The third-order valence-corrected chi connectivity index (χ3v) is 5.59. The summed E-state index contributed by atoms with van der Waals surface area (Å²) in [5.41, 5.74) is 3.76. The second-order valence-corrected chi connectivity index (χ2v) is 7.41. The molecular formula is C16H14Cl2N2S. The number of benzene rings is 1. The van der Waals surface area contributed by atoms with Crippen LogP contribution in [0.25, 0.3) is 4.96 Å². The van der Waals surface area contributed by atoms with Crippen LogP contribution in [0, 0.1) is 0 Å². The lowest BCUT2D eigenvalue weighted by atomic mass is 10.0. The molecule has 0 unspecified atom stereocenters. The van der Waals surface area contributed by atoms with Gasteiger partial charge in [-0.25, -0.2) is 4.98 Å². The summed E-state index contributed by atoms with van der Waals surface area (Å²) in [6, 6.07) is 5.63. The van der Waals surface area contributed by atoms with Crippen molar-refractivity contribution in [3.63, 3.8) is 0 Å². The number of aryl methyl sites for hydroxylation is 2. The largest absolute Gasteiger partial charge is 0.294 e. The van der Waals surface area contributed by atoms with E-state index in [1.807, 2.05) is 18.2 Å². The zero-order valence-corrected chi connectivity index (χ0v) is 13.7. The second-order valence-electron chi connectivity index (χ2n) is 5.47. The number of imidazole rings is 1. The predicted molar refractivity (Wildman–Crippen MR) is 89.0 cm³/mol. The van der Waals surface area contributed by atoms with Crippen molar-refractivity contribution in [2.45, 2.75) is 32.1 Å². The van der Waals surface area contributed by atoms with E-state index < -0.39 is 0 Å². The molecule has 0 radical (unpaired) electrons. The molecule has 2 nitrogen and oxygen atoms in total. The fourth-order valence-electron chi connectivity index (χ4n) is 2.98. The van der Waals surface area contributed by atoms with Gasteiger partial charge in [-0.1, -0.05) is 23.2 Å². The Morgan fingerprint density at radius 1 is 1.19 bits per heavy atom. The van der Waals surface area contributed by atoms with Crippen molar-refractivity contribution in [3.05, 3.63) is 56.3 Å². The fraction of sp³-hybridized carbons (Fsp3) is 0.312. The SMILES string of the molecule is Clc1ccc(Cl)c(Cc2cn3c4c(nc3s2)CCCC4)c1. The van der Waals surface area contributed by atoms with Gasteiger partial charge in [-0.3, -0.25) is 4.40 Å². The first-order chi connectivity index (χ1) is 10.2. The number of nitrogens with zero attached hydrogens (tertiary/aromatic N) is 2. The second kappa shape index (κ2) is 5.31. The number of hydrogen-bond acceptors (Lipinski definition) is 2. The highest BCUT2D eigenvalue weighted by molar-refractivity contribution is 7.17. The molecule has 0 saturated carbocycles. The molecule has 108 valence electrons. The predicted octanol–water partition coefficient (Wildman–Crippen LogP) is 5.17. The van der Waals surface area contributed by atoms with E-state index in [-0.39, 0.29) is 0 Å². The molecule has 0 fully saturated rings. The molecule has 0 saturated heterocycles. The van der Waals surface area contributed by atoms with Crippen molar-refractivity contribution in [2.75, 3.05) is 0 Å². The molecule has 5 heteroatoms. The van der Waals surface area contributed by atoms with Crippen LogP contribution in [0.1, 0.15) is 34.7 Å². The summed E-state index contributed by atoms with van der Waals surface area (Å²) < 4.78 is 2.27. The molecule has 0 atom stereocenters. The van der Waals surface area contributed by atoms with Crippen LogP contribution in [0.3, 0.4) is 0 Å². The Kier molecular flexibility index (Phi) is 3.44. The maximum Gasteiger partial charge on any atom is 0.194 e. The number of hydrogen-bond donors (Lipinski definition) is 0. The van der Waals surface area contributed by atoms with Crippen LogP contribution in [-0.2, 0) is 19.3 Å². The molecule has 1 aromatic carbocycles. The first-order valence-corrected chi connectivity index (χ1v) is 8.70. The Balaban J connectivity index is 1.71. The molecule has 3 aromatic rings. The zero-order chi connectivity index (χ0) is 14.4. The normalized spacial score (nSPS) is 14.6. The minimum absolute atomic E-state index is 0.730. The zero-order valence-electron chi connectivity index (χ0n) is 11.4. The Morgan fingerprint density at radius 3 is 2.95 bits per heavy atom. The van der Waals surface area contributed by atoms with Crippen LogP contribution < -0.4 is 0 Å². The quantitative estimate of drug-likeness (QED) is 0.630. The molecule has 0 aliphatic heterocycles. The first kappa shape index (κ1) is 13.6. The molecule has 21 heavy (non-hydrogen) atoms. The van der Waals surface area contributed by atoms with Gasteiger partial charge < -0.3 is 0 Å². The number of aromatic nitrogens is 2. The third-order valence-electron chi connectivity index (χ3n) is 4.01. The van der Waals surface area contributed by atoms with Crippen LogP contribution in [0.15, 0.2) is 24.4 Å². The highest BCUT2D eigenvalue weighted by Crippen LogP contribution is 2.30. The van der Waals surface area contributed by atoms with Gasteiger partial charge in [-0.15, -0.1) is 11.3 Å². The van der Waals surface area contributed by atoms with E-state index in [2.05, 4.69) is 10.6 Å². The van der Waals surface area contributed by atoms with Crippen molar-refractivity contribution >= 4 is 39.5 Å². The molecular weight excluding hydrogens is 323 g/mol. The van der Waals surface area contributed by atoms with Crippen molar-refractivity contribution < 1.29 is 0 Å². The van der Waals surface area contributed by atoms with Crippen LogP contribution in [-0.4, -0.2) is 9.38 Å². The number of rotatable bonds is 2. The minimum atomic E-state index is 0.730. The monoisotopic (exact) mass is 336 g/mol. The van der Waals surface area contributed by atoms with E-state index in [9.17, 15) is 0 Å². The van der Waals surface area contributed by atoms with E-state index in [1.165, 1.54) is 29.1 Å². The van der Waals surface area contributed by atoms with Crippen LogP contribution >= 0.6 is 34.5 Å². The summed E-state index contributed by atoms with van der Waals surface area (Å²) in [7, 11) is 0. The van der Waals surface area contributed by atoms with Crippen LogP contribution in [0.5, 0.6) is 0 Å². The summed E-state index contributed by atoms with van der Waals surface area (Å²) in [6.07, 6.45) is 7.83. The van der Waals surface area contributed by atoms with Gasteiger partial charge in [0.25, 0.3) is 0 Å². The molecule has 0 spiro atoms. The fourth-order valence-corrected chi connectivity index (χ4v) is 4.40. The van der Waals surface area contributed by atoms with E-state index in [0.29, 0.717) is 0 Å². The standard InChI is InChI=1S/C16H14Cl2N2S/c17-11-5-6-13(18)10(7-11)8-12-9-20-15-4-2-1-3-14(15)19-16(20)21-12/h5-7,9H,1-4,8H2. The van der Waals surface area contributed by atoms with Gasteiger partial charge in [0.05, 0.1) is 5.69 Å². The molecule has 2 heterocycles. The van der Waals surface area contributed by atoms with E-state index in [1.54, 1.807) is 11.3 Å². The summed E-state index contributed by atoms with van der Waals surface area (Å²) >= 11 is 14.1. The van der Waals surface area contributed by atoms with E-state index in [4.69, 9.17) is 28.2 Å². The van der Waals surface area contributed by atoms with Gasteiger partial charge in [0.2, 0.25) is 0 Å². The Morgan fingerprint density at radius 2 is 2.05 bits per heavy atom. The highest BCUT2D eigenvalue weighted by atomic mass is 35.5. The topological polar surface area (TPSA) is 17.3 Å². The first-order valence-electron chi connectivity index (χ1n) is 7.13. The molecule has 0 bridgehead atoms. The average molecular weight is 337 g/mol. The average Bonchev–Trinajstić information content (AvgIpc) is 3.00. The molecule has 0 amide bonds. The van der Waals surface area contributed by atoms with Gasteiger partial charge in [0.15, 0.2) is 4.96 Å². The number of halogens is 2. The minimum Gasteiger partial charge on any atom is -0.294 e. The lowest BCUT2D eigenvalue weighted by Gasteiger charge is -2.09.